The molecule has 2 saturated heterocycles. The van der Waals surface area contributed by atoms with Gasteiger partial charge in [0.05, 0.1) is 6.04 Å². The Kier molecular flexibility index (Phi) is 5.06. The van der Waals surface area contributed by atoms with Crippen LogP contribution in [0.5, 0.6) is 0 Å². The lowest BCUT2D eigenvalue weighted by molar-refractivity contribution is -0.135. The van der Waals surface area contributed by atoms with Crippen LogP contribution in [0.15, 0.2) is 24.3 Å². The average molecular weight is 318 g/mol. The number of piperidine rings is 2. The van der Waals surface area contributed by atoms with Crippen molar-refractivity contribution in [2.75, 3.05) is 19.6 Å². The molecular formula is C18H23FN2O2. The second-order valence-corrected chi connectivity index (χ2v) is 6.50. The van der Waals surface area contributed by atoms with Crippen molar-refractivity contribution in [3.8, 4) is 0 Å². The van der Waals surface area contributed by atoms with Crippen LogP contribution in [0.3, 0.4) is 0 Å². The van der Waals surface area contributed by atoms with Crippen LogP contribution in [-0.2, 0) is 4.79 Å². The molecule has 0 spiro atoms. The first kappa shape index (κ1) is 16.1. The summed E-state index contributed by atoms with van der Waals surface area (Å²) >= 11 is 0. The summed E-state index contributed by atoms with van der Waals surface area (Å²) < 4.78 is 13.0. The van der Waals surface area contributed by atoms with E-state index < -0.39 is 0 Å². The van der Waals surface area contributed by atoms with Crippen LogP contribution in [0.1, 0.15) is 42.5 Å². The summed E-state index contributed by atoms with van der Waals surface area (Å²) in [5, 5.41) is 3.28. The SMILES string of the molecule is O=C(c1ccc(F)cc1)C1CCCN(C(=O)C2CCCCN2)C1. The lowest BCUT2D eigenvalue weighted by atomic mass is 9.89. The Morgan fingerprint density at radius 1 is 1.09 bits per heavy atom. The molecule has 0 aromatic heterocycles. The van der Waals surface area contributed by atoms with Gasteiger partial charge in [0, 0.05) is 24.6 Å². The van der Waals surface area contributed by atoms with Crippen LogP contribution >= 0.6 is 0 Å². The zero-order valence-corrected chi connectivity index (χ0v) is 13.3. The van der Waals surface area contributed by atoms with Gasteiger partial charge in [0.1, 0.15) is 5.82 Å². The Labute approximate surface area is 136 Å². The molecule has 2 heterocycles. The quantitative estimate of drug-likeness (QED) is 0.871. The first-order chi connectivity index (χ1) is 11.1. The van der Waals surface area contributed by atoms with E-state index in [9.17, 15) is 14.0 Å². The molecule has 1 amide bonds. The number of ketones is 1. The molecule has 124 valence electrons. The Hall–Kier alpha value is -1.75. The maximum atomic E-state index is 13.0. The molecule has 2 unspecified atom stereocenters. The van der Waals surface area contributed by atoms with Crippen molar-refractivity contribution >= 4 is 11.7 Å². The summed E-state index contributed by atoms with van der Waals surface area (Å²) in [6.07, 6.45) is 4.71. The number of hydrogen-bond acceptors (Lipinski definition) is 3. The van der Waals surface area contributed by atoms with Gasteiger partial charge in [-0.1, -0.05) is 6.42 Å². The fourth-order valence-electron chi connectivity index (χ4n) is 3.52. The molecule has 0 aliphatic carbocycles. The summed E-state index contributed by atoms with van der Waals surface area (Å²) in [6.45, 7) is 2.10. The summed E-state index contributed by atoms with van der Waals surface area (Å²) in [7, 11) is 0. The van der Waals surface area contributed by atoms with Crippen LogP contribution in [0.25, 0.3) is 0 Å². The van der Waals surface area contributed by atoms with E-state index in [4.69, 9.17) is 0 Å². The molecule has 5 heteroatoms. The van der Waals surface area contributed by atoms with Crippen LogP contribution in [0.2, 0.25) is 0 Å². The molecule has 2 aliphatic rings. The number of nitrogens with zero attached hydrogens (tertiary/aromatic N) is 1. The minimum absolute atomic E-state index is 0.0131. The van der Waals surface area contributed by atoms with E-state index in [0.717, 1.165) is 45.2 Å². The first-order valence-electron chi connectivity index (χ1n) is 8.47. The maximum absolute atomic E-state index is 13.0. The van der Waals surface area contributed by atoms with E-state index in [2.05, 4.69) is 5.32 Å². The topological polar surface area (TPSA) is 49.4 Å². The molecule has 2 aliphatic heterocycles. The molecule has 4 nitrogen and oxygen atoms in total. The highest BCUT2D eigenvalue weighted by atomic mass is 19.1. The second kappa shape index (κ2) is 7.21. The number of carbonyl (C=O) groups is 2. The predicted molar refractivity (Wildman–Crippen MR) is 85.7 cm³/mol. The van der Waals surface area contributed by atoms with Gasteiger partial charge in [-0.15, -0.1) is 0 Å². The Balaban J connectivity index is 1.64. The number of halogens is 1. The monoisotopic (exact) mass is 318 g/mol. The molecular weight excluding hydrogens is 295 g/mol. The van der Waals surface area contributed by atoms with E-state index in [-0.39, 0.29) is 29.5 Å². The molecule has 0 bridgehead atoms. The number of Topliss-reactive ketones (excluding diaryl/α,β-unsaturated/α-hetero) is 1. The highest BCUT2D eigenvalue weighted by molar-refractivity contribution is 5.98. The van der Waals surface area contributed by atoms with Gasteiger partial charge in [-0.3, -0.25) is 9.59 Å². The summed E-state index contributed by atoms with van der Waals surface area (Å²) in [5.74, 6) is -0.382. The third-order valence-corrected chi connectivity index (χ3v) is 4.84. The summed E-state index contributed by atoms with van der Waals surface area (Å²) in [4.78, 5) is 27.0. The molecule has 0 saturated carbocycles. The van der Waals surface area contributed by atoms with Gasteiger partial charge in [0.25, 0.3) is 0 Å². The van der Waals surface area contributed by atoms with Gasteiger partial charge in [0.2, 0.25) is 5.91 Å². The van der Waals surface area contributed by atoms with Crippen LogP contribution < -0.4 is 5.32 Å². The molecule has 2 atom stereocenters. The number of carbonyl (C=O) groups excluding carboxylic acids is 2. The number of likely N-dealkylation sites (tertiary alicyclic amines) is 1. The van der Waals surface area contributed by atoms with E-state index in [1.807, 2.05) is 4.90 Å². The molecule has 1 aromatic rings. The number of amides is 1. The van der Waals surface area contributed by atoms with E-state index in [1.54, 1.807) is 0 Å². The third-order valence-electron chi connectivity index (χ3n) is 4.84. The number of nitrogens with one attached hydrogen (secondary N) is 1. The van der Waals surface area contributed by atoms with E-state index >= 15 is 0 Å². The fourth-order valence-corrected chi connectivity index (χ4v) is 3.52. The van der Waals surface area contributed by atoms with Crippen molar-refractivity contribution < 1.29 is 14.0 Å². The molecule has 1 N–H and O–H groups in total. The van der Waals surface area contributed by atoms with Crippen molar-refractivity contribution in [2.24, 2.45) is 5.92 Å². The van der Waals surface area contributed by atoms with Crippen molar-refractivity contribution in [1.29, 1.82) is 0 Å². The Morgan fingerprint density at radius 2 is 1.87 bits per heavy atom. The number of rotatable bonds is 3. The van der Waals surface area contributed by atoms with Crippen LogP contribution in [0.4, 0.5) is 4.39 Å². The molecule has 1 aromatic carbocycles. The normalized spacial score (nSPS) is 25.2. The second-order valence-electron chi connectivity index (χ2n) is 6.50. The van der Waals surface area contributed by atoms with Gasteiger partial charge >= 0.3 is 0 Å². The zero-order valence-electron chi connectivity index (χ0n) is 13.3. The lowest BCUT2D eigenvalue weighted by Gasteiger charge is -2.35. The number of hydrogen-bond donors (Lipinski definition) is 1. The van der Waals surface area contributed by atoms with Crippen molar-refractivity contribution in [1.82, 2.24) is 10.2 Å². The van der Waals surface area contributed by atoms with Gasteiger partial charge in [-0.25, -0.2) is 4.39 Å². The fraction of sp³-hybridized carbons (Fsp3) is 0.556. The van der Waals surface area contributed by atoms with Crippen LogP contribution in [-0.4, -0.2) is 42.3 Å². The molecule has 2 fully saturated rings. The highest BCUT2D eigenvalue weighted by Crippen LogP contribution is 2.22. The maximum Gasteiger partial charge on any atom is 0.239 e. The molecule has 0 radical (unpaired) electrons. The standard InChI is InChI=1S/C18H23FN2O2/c19-15-8-6-13(7-9-15)17(22)14-4-3-11-21(12-14)18(23)16-5-1-2-10-20-16/h6-9,14,16,20H,1-5,10-12H2. The summed E-state index contributed by atoms with van der Waals surface area (Å²) in [5.41, 5.74) is 0.529. The highest BCUT2D eigenvalue weighted by Gasteiger charge is 2.32. The predicted octanol–water partition coefficient (Wildman–Crippen LogP) is 2.39. The lowest BCUT2D eigenvalue weighted by Crippen LogP contribution is -2.52. The molecule has 23 heavy (non-hydrogen) atoms. The van der Waals surface area contributed by atoms with Gasteiger partial charge < -0.3 is 10.2 Å². The van der Waals surface area contributed by atoms with Gasteiger partial charge in [-0.2, -0.15) is 0 Å². The van der Waals surface area contributed by atoms with Crippen molar-refractivity contribution in [3.05, 3.63) is 35.6 Å². The number of benzene rings is 1. The zero-order chi connectivity index (χ0) is 16.2. The Morgan fingerprint density at radius 3 is 2.57 bits per heavy atom. The molecule has 3 rings (SSSR count). The summed E-state index contributed by atoms with van der Waals surface area (Å²) in [6, 6.07) is 5.58. The van der Waals surface area contributed by atoms with E-state index in [1.165, 1.54) is 24.3 Å². The van der Waals surface area contributed by atoms with Crippen molar-refractivity contribution in [3.63, 3.8) is 0 Å². The third kappa shape index (κ3) is 3.78. The smallest absolute Gasteiger partial charge is 0.239 e. The van der Waals surface area contributed by atoms with E-state index in [0.29, 0.717) is 12.1 Å². The minimum atomic E-state index is -0.342. The van der Waals surface area contributed by atoms with Crippen molar-refractivity contribution in [2.45, 2.75) is 38.1 Å². The van der Waals surface area contributed by atoms with Crippen LogP contribution in [0, 0.1) is 11.7 Å². The van der Waals surface area contributed by atoms with Gasteiger partial charge in [0.15, 0.2) is 5.78 Å². The Bertz CT molecular complexity index is 567. The first-order valence-corrected chi connectivity index (χ1v) is 8.47. The average Bonchev–Trinajstić information content (AvgIpc) is 2.62. The van der Waals surface area contributed by atoms with Gasteiger partial charge in [-0.05, 0) is 56.5 Å². The largest absolute Gasteiger partial charge is 0.341 e. The minimum Gasteiger partial charge on any atom is -0.341 e.